The number of anilines is 1. The van der Waals surface area contributed by atoms with Crippen molar-refractivity contribution >= 4 is 24.0 Å². The topological polar surface area (TPSA) is 96.7 Å². The number of rotatable bonds is 3. The summed E-state index contributed by atoms with van der Waals surface area (Å²) in [5, 5.41) is 9.39. The fraction of sp³-hybridized carbons (Fsp3) is 0.250. The number of hydrogen-bond acceptors (Lipinski definition) is 4. The molecule has 1 fully saturated rings. The normalized spacial score (nSPS) is 15.4. The smallest absolute Gasteiger partial charge is 0.244 e. The van der Waals surface area contributed by atoms with E-state index in [1.807, 2.05) is 24.3 Å². The molecule has 0 atom stereocenters. The molecule has 3 rings (SSSR count). The lowest BCUT2D eigenvalue weighted by molar-refractivity contribution is -0.118. The molecule has 2 aromatic rings. The van der Waals surface area contributed by atoms with Crippen LogP contribution in [0, 0.1) is 0 Å². The Kier molecular flexibility index (Phi) is 3.55. The van der Waals surface area contributed by atoms with E-state index >= 15 is 0 Å². The van der Waals surface area contributed by atoms with E-state index in [0.29, 0.717) is 11.5 Å². The first-order valence-electron chi connectivity index (χ1n) is 5.73. The van der Waals surface area contributed by atoms with Crippen molar-refractivity contribution in [1.82, 2.24) is 15.2 Å². The number of hydrogen-bond donors (Lipinski definition) is 3. The van der Waals surface area contributed by atoms with E-state index < -0.39 is 5.54 Å². The van der Waals surface area contributed by atoms with Crippen LogP contribution in [0.3, 0.4) is 0 Å². The summed E-state index contributed by atoms with van der Waals surface area (Å²) in [6.45, 7) is 0. The SMILES string of the molecule is Cl.NC1(C(=O)Nc2cccc(-c3ncn[nH]3)c2)CC1. The summed E-state index contributed by atoms with van der Waals surface area (Å²) < 4.78 is 0. The van der Waals surface area contributed by atoms with Crippen molar-refractivity contribution in [2.24, 2.45) is 5.73 Å². The van der Waals surface area contributed by atoms with Gasteiger partial charge < -0.3 is 11.1 Å². The van der Waals surface area contributed by atoms with Crippen LogP contribution in [-0.4, -0.2) is 26.6 Å². The molecule has 0 radical (unpaired) electrons. The van der Waals surface area contributed by atoms with E-state index in [9.17, 15) is 4.79 Å². The van der Waals surface area contributed by atoms with Crippen LogP contribution in [0.4, 0.5) is 5.69 Å². The van der Waals surface area contributed by atoms with Gasteiger partial charge >= 0.3 is 0 Å². The van der Waals surface area contributed by atoms with Crippen molar-refractivity contribution in [3.05, 3.63) is 30.6 Å². The van der Waals surface area contributed by atoms with Gasteiger partial charge in [-0.1, -0.05) is 12.1 Å². The second-order valence-electron chi connectivity index (χ2n) is 4.53. The summed E-state index contributed by atoms with van der Waals surface area (Å²) in [4.78, 5) is 15.9. The van der Waals surface area contributed by atoms with Crippen molar-refractivity contribution in [3.8, 4) is 11.4 Å². The molecule has 6 nitrogen and oxygen atoms in total. The molecule has 1 aromatic carbocycles. The van der Waals surface area contributed by atoms with E-state index in [2.05, 4.69) is 20.5 Å². The lowest BCUT2D eigenvalue weighted by Gasteiger charge is -2.10. The summed E-state index contributed by atoms with van der Waals surface area (Å²) in [7, 11) is 0. The summed E-state index contributed by atoms with van der Waals surface area (Å²) >= 11 is 0. The molecule has 1 aliphatic carbocycles. The van der Waals surface area contributed by atoms with Crippen LogP contribution < -0.4 is 11.1 Å². The van der Waals surface area contributed by atoms with Gasteiger partial charge in [0, 0.05) is 11.3 Å². The predicted molar refractivity (Wildman–Crippen MR) is 73.8 cm³/mol. The molecule has 1 heterocycles. The minimum Gasteiger partial charge on any atom is -0.324 e. The maximum Gasteiger partial charge on any atom is 0.244 e. The van der Waals surface area contributed by atoms with E-state index in [1.54, 1.807) is 0 Å². The van der Waals surface area contributed by atoms with Gasteiger partial charge in [0.15, 0.2) is 5.82 Å². The number of halogens is 1. The lowest BCUT2D eigenvalue weighted by Crippen LogP contribution is -2.37. The summed E-state index contributed by atoms with van der Waals surface area (Å²) in [6, 6.07) is 7.41. The van der Waals surface area contributed by atoms with Crippen LogP contribution in [0.2, 0.25) is 0 Å². The third-order valence-electron chi connectivity index (χ3n) is 3.05. The monoisotopic (exact) mass is 279 g/mol. The molecular formula is C12H14ClN5O. The Labute approximate surface area is 116 Å². The Balaban J connectivity index is 0.00000133. The quantitative estimate of drug-likeness (QED) is 0.789. The molecule has 0 unspecified atom stereocenters. The summed E-state index contributed by atoms with van der Waals surface area (Å²) in [6.07, 6.45) is 2.95. The molecule has 7 heteroatoms. The van der Waals surface area contributed by atoms with Gasteiger partial charge in [0.1, 0.15) is 6.33 Å². The molecular weight excluding hydrogens is 266 g/mol. The molecule has 0 bridgehead atoms. The average Bonchev–Trinajstić information content (AvgIpc) is 2.93. The van der Waals surface area contributed by atoms with E-state index in [-0.39, 0.29) is 18.3 Å². The Morgan fingerprint density at radius 1 is 1.42 bits per heavy atom. The molecule has 100 valence electrons. The Bertz CT molecular complexity index is 580. The molecule has 1 aliphatic rings. The number of amides is 1. The van der Waals surface area contributed by atoms with Gasteiger partial charge in [0.05, 0.1) is 5.54 Å². The Morgan fingerprint density at radius 3 is 2.84 bits per heavy atom. The number of aromatic amines is 1. The van der Waals surface area contributed by atoms with Gasteiger partial charge in [-0.3, -0.25) is 9.89 Å². The van der Waals surface area contributed by atoms with Gasteiger partial charge in [-0.25, -0.2) is 4.98 Å². The maximum atomic E-state index is 11.8. The highest BCUT2D eigenvalue weighted by atomic mass is 35.5. The second kappa shape index (κ2) is 4.99. The Hall–Kier alpha value is -1.92. The first-order valence-corrected chi connectivity index (χ1v) is 5.73. The highest BCUT2D eigenvalue weighted by Crippen LogP contribution is 2.33. The summed E-state index contributed by atoms with van der Waals surface area (Å²) in [5.74, 6) is 0.539. The first-order chi connectivity index (χ1) is 8.67. The number of nitrogens with two attached hydrogens (primary N) is 1. The zero-order valence-electron chi connectivity index (χ0n) is 10.1. The standard InChI is InChI=1S/C12H13N5O.ClH/c13-12(4-5-12)11(18)16-9-3-1-2-8(6-9)10-14-7-15-17-10;/h1-3,6-7H,4-5,13H2,(H,16,18)(H,14,15,17);1H. The summed E-state index contributed by atoms with van der Waals surface area (Å²) in [5.41, 5.74) is 6.75. The number of carbonyl (C=O) groups excluding carboxylic acids is 1. The fourth-order valence-corrected chi connectivity index (χ4v) is 1.71. The number of aromatic nitrogens is 3. The molecule has 19 heavy (non-hydrogen) atoms. The van der Waals surface area contributed by atoms with Crippen molar-refractivity contribution in [1.29, 1.82) is 0 Å². The van der Waals surface area contributed by atoms with Gasteiger partial charge in [0.2, 0.25) is 5.91 Å². The first kappa shape index (κ1) is 13.5. The molecule has 0 aliphatic heterocycles. The van der Waals surface area contributed by atoms with Crippen LogP contribution in [0.25, 0.3) is 11.4 Å². The van der Waals surface area contributed by atoms with E-state index in [0.717, 1.165) is 18.4 Å². The molecule has 1 aromatic heterocycles. The largest absolute Gasteiger partial charge is 0.324 e. The van der Waals surface area contributed by atoms with Gasteiger partial charge in [-0.05, 0) is 25.0 Å². The second-order valence-corrected chi connectivity index (χ2v) is 4.53. The molecule has 1 amide bonds. The van der Waals surface area contributed by atoms with Crippen molar-refractivity contribution < 1.29 is 4.79 Å². The number of carbonyl (C=O) groups is 1. The molecule has 4 N–H and O–H groups in total. The minimum atomic E-state index is -0.664. The zero-order chi connectivity index (χ0) is 12.6. The van der Waals surface area contributed by atoms with Crippen LogP contribution in [0.5, 0.6) is 0 Å². The van der Waals surface area contributed by atoms with Gasteiger partial charge in [-0.15, -0.1) is 12.4 Å². The highest BCUT2D eigenvalue weighted by molar-refractivity contribution is 6.00. The van der Waals surface area contributed by atoms with Crippen LogP contribution in [0.15, 0.2) is 30.6 Å². The highest BCUT2D eigenvalue weighted by Gasteiger charge is 2.45. The number of benzene rings is 1. The van der Waals surface area contributed by atoms with Crippen molar-refractivity contribution in [2.45, 2.75) is 18.4 Å². The fourth-order valence-electron chi connectivity index (χ4n) is 1.71. The van der Waals surface area contributed by atoms with Crippen LogP contribution in [-0.2, 0) is 4.79 Å². The molecule has 0 spiro atoms. The van der Waals surface area contributed by atoms with Crippen molar-refractivity contribution in [3.63, 3.8) is 0 Å². The molecule has 1 saturated carbocycles. The number of nitrogens with zero attached hydrogens (tertiary/aromatic N) is 2. The van der Waals surface area contributed by atoms with E-state index in [1.165, 1.54) is 6.33 Å². The Morgan fingerprint density at radius 2 is 2.21 bits per heavy atom. The predicted octanol–water partition coefficient (Wildman–Crippen LogP) is 1.32. The number of nitrogens with one attached hydrogen (secondary N) is 2. The third kappa shape index (κ3) is 2.74. The number of H-pyrrole nitrogens is 1. The van der Waals surface area contributed by atoms with Gasteiger partial charge in [-0.2, -0.15) is 5.10 Å². The average molecular weight is 280 g/mol. The van der Waals surface area contributed by atoms with Gasteiger partial charge in [0.25, 0.3) is 0 Å². The van der Waals surface area contributed by atoms with Crippen LogP contribution in [0.1, 0.15) is 12.8 Å². The zero-order valence-corrected chi connectivity index (χ0v) is 10.9. The third-order valence-corrected chi connectivity index (χ3v) is 3.05. The lowest BCUT2D eigenvalue weighted by atomic mass is 10.2. The minimum absolute atomic E-state index is 0. The molecule has 0 saturated heterocycles. The van der Waals surface area contributed by atoms with Crippen molar-refractivity contribution in [2.75, 3.05) is 5.32 Å². The van der Waals surface area contributed by atoms with E-state index in [4.69, 9.17) is 5.73 Å². The maximum absolute atomic E-state index is 11.8. The van der Waals surface area contributed by atoms with Crippen LogP contribution >= 0.6 is 12.4 Å².